The monoisotopic (exact) mass is 359 g/mol. The van der Waals surface area contributed by atoms with Gasteiger partial charge in [-0.15, -0.1) is 0 Å². The number of nitrogens with one attached hydrogen (secondary N) is 2. The van der Waals surface area contributed by atoms with E-state index in [4.69, 9.17) is 9.47 Å². The lowest BCUT2D eigenvalue weighted by molar-refractivity contribution is 0.105. The Morgan fingerprint density at radius 1 is 1.50 bits per heavy atom. The molecule has 1 atom stereocenters. The summed E-state index contributed by atoms with van der Waals surface area (Å²) in [5.74, 6) is 2.12. The lowest BCUT2D eigenvalue weighted by Gasteiger charge is -2.18. The van der Waals surface area contributed by atoms with E-state index in [0.29, 0.717) is 24.7 Å². The van der Waals surface area contributed by atoms with Crippen LogP contribution in [0.2, 0.25) is 0 Å². The molecule has 140 valence electrons. The molecule has 2 amide bonds. The lowest BCUT2D eigenvalue weighted by atomic mass is 10.1. The molecule has 1 aromatic heterocycles. The summed E-state index contributed by atoms with van der Waals surface area (Å²) >= 11 is 0. The molecule has 1 aromatic carbocycles. The first-order valence-electron chi connectivity index (χ1n) is 8.72. The highest BCUT2D eigenvalue weighted by molar-refractivity contribution is 5.73. The molecule has 0 spiro atoms. The molecule has 1 saturated heterocycles. The molecule has 3 rings (SSSR count). The third kappa shape index (κ3) is 4.32. The number of carbonyl (C=O) groups excluding carboxylic acids is 1. The molecule has 0 radical (unpaired) electrons. The number of methoxy groups -OCH3 is 1. The van der Waals surface area contributed by atoms with E-state index in [-0.39, 0.29) is 12.1 Å². The Morgan fingerprint density at radius 3 is 3.04 bits per heavy atom. The number of aromatic amines is 1. The van der Waals surface area contributed by atoms with Crippen LogP contribution in [0.3, 0.4) is 0 Å². The van der Waals surface area contributed by atoms with Gasteiger partial charge in [-0.05, 0) is 37.0 Å². The van der Waals surface area contributed by atoms with Crippen molar-refractivity contribution in [2.75, 3.05) is 20.8 Å². The van der Waals surface area contributed by atoms with Crippen LogP contribution in [0.5, 0.6) is 5.75 Å². The Morgan fingerprint density at radius 2 is 2.35 bits per heavy atom. The number of benzene rings is 1. The van der Waals surface area contributed by atoms with Crippen molar-refractivity contribution in [3.05, 3.63) is 41.0 Å². The van der Waals surface area contributed by atoms with E-state index in [1.165, 1.54) is 0 Å². The number of nitrogens with zero attached hydrogens (tertiary/aromatic N) is 3. The zero-order valence-corrected chi connectivity index (χ0v) is 15.4. The molecule has 0 bridgehead atoms. The summed E-state index contributed by atoms with van der Waals surface area (Å²) in [6, 6.07) is 5.72. The highest BCUT2D eigenvalue weighted by atomic mass is 16.5. The molecule has 0 aliphatic carbocycles. The Balaban J connectivity index is 1.50. The first-order valence-corrected chi connectivity index (χ1v) is 8.72. The maximum absolute atomic E-state index is 12.3. The molecule has 8 nitrogen and oxygen atoms in total. The molecule has 26 heavy (non-hydrogen) atoms. The van der Waals surface area contributed by atoms with Crippen LogP contribution < -0.4 is 10.1 Å². The van der Waals surface area contributed by atoms with Crippen LogP contribution in [0.4, 0.5) is 4.79 Å². The van der Waals surface area contributed by atoms with Gasteiger partial charge in [0.2, 0.25) is 0 Å². The molecule has 1 fully saturated rings. The predicted octanol–water partition coefficient (Wildman–Crippen LogP) is 2.31. The molecule has 2 heterocycles. The number of hydrogen-bond donors (Lipinski definition) is 2. The van der Waals surface area contributed by atoms with Crippen LogP contribution in [-0.4, -0.2) is 46.9 Å². The number of ether oxygens (including phenoxy) is 2. The van der Waals surface area contributed by atoms with Crippen molar-refractivity contribution in [3.8, 4) is 5.75 Å². The molecular formula is C18H25N5O3. The maximum atomic E-state index is 12.3. The van der Waals surface area contributed by atoms with E-state index in [9.17, 15) is 4.79 Å². The van der Waals surface area contributed by atoms with Crippen molar-refractivity contribution in [2.45, 2.75) is 39.0 Å². The molecule has 1 aliphatic heterocycles. The van der Waals surface area contributed by atoms with Gasteiger partial charge in [0.05, 0.1) is 13.7 Å². The summed E-state index contributed by atoms with van der Waals surface area (Å²) in [7, 11) is 3.41. The van der Waals surface area contributed by atoms with Gasteiger partial charge in [0, 0.05) is 20.2 Å². The van der Waals surface area contributed by atoms with E-state index < -0.39 is 0 Å². The summed E-state index contributed by atoms with van der Waals surface area (Å²) in [6.45, 7) is 3.54. The number of aryl methyl sites for hydroxylation is 1. The minimum absolute atomic E-state index is 0.0308. The van der Waals surface area contributed by atoms with Crippen molar-refractivity contribution < 1.29 is 14.3 Å². The number of aromatic nitrogens is 3. The van der Waals surface area contributed by atoms with Gasteiger partial charge in [-0.3, -0.25) is 5.10 Å². The van der Waals surface area contributed by atoms with Gasteiger partial charge in [-0.1, -0.05) is 12.1 Å². The van der Waals surface area contributed by atoms with Gasteiger partial charge in [0.1, 0.15) is 17.7 Å². The first-order chi connectivity index (χ1) is 12.6. The number of hydrogen-bond acceptors (Lipinski definition) is 5. The average molecular weight is 359 g/mol. The normalized spacial score (nSPS) is 16.5. The second-order valence-electron chi connectivity index (χ2n) is 6.46. The van der Waals surface area contributed by atoms with E-state index in [0.717, 1.165) is 36.3 Å². The Bertz CT molecular complexity index is 755. The summed E-state index contributed by atoms with van der Waals surface area (Å²) in [5.41, 5.74) is 2.09. The van der Waals surface area contributed by atoms with E-state index in [1.807, 2.05) is 25.1 Å². The quantitative estimate of drug-likeness (QED) is 0.826. The Hall–Kier alpha value is -2.61. The summed E-state index contributed by atoms with van der Waals surface area (Å²) in [4.78, 5) is 18.3. The standard InChI is InChI=1S/C18H25N5O3/c1-12-9-13(6-7-14(12)25-3)11-23(2)18(24)19-10-16-20-17(22-21-16)15-5-4-8-26-15/h6-7,9,15H,4-5,8,10-11H2,1-3H3,(H,19,24)(H,20,21,22)/t15-/m0/s1. The van der Waals surface area contributed by atoms with Crippen LogP contribution in [0.25, 0.3) is 0 Å². The smallest absolute Gasteiger partial charge is 0.317 e. The van der Waals surface area contributed by atoms with Crippen molar-refractivity contribution in [1.29, 1.82) is 0 Å². The topological polar surface area (TPSA) is 92.4 Å². The fourth-order valence-electron chi connectivity index (χ4n) is 2.99. The van der Waals surface area contributed by atoms with Gasteiger partial charge in [-0.25, -0.2) is 9.78 Å². The van der Waals surface area contributed by atoms with E-state index in [2.05, 4.69) is 20.5 Å². The van der Waals surface area contributed by atoms with Crippen LogP contribution in [-0.2, 0) is 17.8 Å². The van der Waals surface area contributed by atoms with Crippen LogP contribution in [0.15, 0.2) is 18.2 Å². The van der Waals surface area contributed by atoms with Crippen molar-refractivity contribution in [2.24, 2.45) is 0 Å². The fourth-order valence-corrected chi connectivity index (χ4v) is 2.99. The number of carbonyl (C=O) groups is 1. The summed E-state index contributed by atoms with van der Waals surface area (Å²) in [5, 5.41) is 9.88. The fraction of sp³-hybridized carbons (Fsp3) is 0.500. The molecular weight excluding hydrogens is 334 g/mol. The second-order valence-corrected chi connectivity index (χ2v) is 6.46. The Kier molecular flexibility index (Phi) is 5.72. The first kappa shape index (κ1) is 18.2. The summed E-state index contributed by atoms with van der Waals surface area (Å²) < 4.78 is 10.8. The average Bonchev–Trinajstić information content (AvgIpc) is 3.31. The third-order valence-electron chi connectivity index (χ3n) is 4.40. The maximum Gasteiger partial charge on any atom is 0.317 e. The largest absolute Gasteiger partial charge is 0.496 e. The zero-order chi connectivity index (χ0) is 18.5. The van der Waals surface area contributed by atoms with Crippen molar-refractivity contribution in [3.63, 3.8) is 0 Å². The molecule has 2 aromatic rings. The van der Waals surface area contributed by atoms with E-state index in [1.54, 1.807) is 19.1 Å². The molecule has 8 heteroatoms. The van der Waals surface area contributed by atoms with Crippen molar-refractivity contribution in [1.82, 2.24) is 25.4 Å². The highest BCUT2D eigenvalue weighted by Gasteiger charge is 2.22. The van der Waals surface area contributed by atoms with Crippen LogP contribution >= 0.6 is 0 Å². The van der Waals surface area contributed by atoms with Crippen molar-refractivity contribution >= 4 is 6.03 Å². The minimum Gasteiger partial charge on any atom is -0.496 e. The van der Waals surface area contributed by atoms with Gasteiger partial charge < -0.3 is 19.7 Å². The van der Waals surface area contributed by atoms with Gasteiger partial charge in [0.25, 0.3) is 0 Å². The van der Waals surface area contributed by atoms with Gasteiger partial charge >= 0.3 is 6.03 Å². The van der Waals surface area contributed by atoms with Gasteiger partial charge in [0.15, 0.2) is 5.82 Å². The number of amides is 2. The summed E-state index contributed by atoms with van der Waals surface area (Å²) in [6.07, 6.45) is 1.94. The lowest BCUT2D eigenvalue weighted by Crippen LogP contribution is -2.36. The van der Waals surface area contributed by atoms with Gasteiger partial charge in [-0.2, -0.15) is 5.10 Å². The highest BCUT2D eigenvalue weighted by Crippen LogP contribution is 2.25. The number of H-pyrrole nitrogens is 1. The molecule has 1 aliphatic rings. The van der Waals surface area contributed by atoms with Crippen LogP contribution in [0, 0.1) is 6.92 Å². The van der Waals surface area contributed by atoms with Crippen LogP contribution in [0.1, 0.15) is 41.7 Å². The number of rotatable bonds is 6. The molecule has 0 saturated carbocycles. The number of urea groups is 1. The predicted molar refractivity (Wildman–Crippen MR) is 95.7 cm³/mol. The SMILES string of the molecule is COc1ccc(CN(C)C(=O)NCc2nc([C@@H]3CCCO3)n[nH]2)cc1C. The third-order valence-corrected chi connectivity index (χ3v) is 4.40. The Labute approximate surface area is 152 Å². The molecule has 2 N–H and O–H groups in total. The minimum atomic E-state index is -0.173. The zero-order valence-electron chi connectivity index (χ0n) is 15.4. The second kappa shape index (κ2) is 8.18. The van der Waals surface area contributed by atoms with E-state index >= 15 is 0 Å². The molecule has 0 unspecified atom stereocenters.